The van der Waals surface area contributed by atoms with E-state index in [0.717, 1.165) is 30.4 Å². The van der Waals surface area contributed by atoms with Gasteiger partial charge in [-0.1, -0.05) is 24.3 Å². The van der Waals surface area contributed by atoms with Gasteiger partial charge in [0.25, 0.3) is 0 Å². The lowest BCUT2D eigenvalue weighted by atomic mass is 9.92. The van der Waals surface area contributed by atoms with Crippen molar-refractivity contribution < 1.29 is 18.8 Å². The molecule has 1 unspecified atom stereocenters. The zero-order valence-electron chi connectivity index (χ0n) is 13.6. The number of hydrogen-bond donors (Lipinski definition) is 1. The molecule has 0 spiro atoms. The fraction of sp³-hybridized carbons (Fsp3) is 0.375. The van der Waals surface area contributed by atoms with Crippen molar-refractivity contribution in [2.24, 2.45) is 0 Å². The van der Waals surface area contributed by atoms with Crippen LogP contribution in [0.5, 0.6) is 0 Å². The molecule has 3 heteroatoms. The predicted octanol–water partition coefficient (Wildman–Crippen LogP) is 3.40. The number of benzene rings is 1. The Morgan fingerprint density at radius 2 is 2.00 bits per heavy atom. The third-order valence-electron chi connectivity index (χ3n) is 3.32. The molecule has 1 aromatic rings. The molecule has 0 heterocycles. The van der Waals surface area contributed by atoms with Crippen LogP contribution in [0.3, 0.4) is 0 Å². The van der Waals surface area contributed by atoms with E-state index in [1.54, 1.807) is 18.2 Å². The Hall–Kier alpha value is -1.90. The molecule has 0 aromatic heterocycles. The zero-order valence-corrected chi connectivity index (χ0v) is 10.6. The number of carboxylic acids is 1. The molecule has 1 fully saturated rings. The summed E-state index contributed by atoms with van der Waals surface area (Å²) in [6.45, 7) is -2.59. The van der Waals surface area contributed by atoms with E-state index in [4.69, 9.17) is 9.22 Å². The van der Waals surface area contributed by atoms with Crippen LogP contribution in [0.1, 0.15) is 53.7 Å². The summed E-state index contributed by atoms with van der Waals surface area (Å²) in [5.41, 5.74) is 1.80. The Balaban J connectivity index is 2.25. The van der Waals surface area contributed by atoms with Gasteiger partial charge < -0.3 is 5.11 Å². The number of carbonyl (C=O) groups is 2. The maximum Gasteiger partial charge on any atom is 0.310 e. The van der Waals surface area contributed by atoms with Crippen molar-refractivity contribution in [1.82, 2.24) is 0 Å². The minimum atomic E-state index is -2.59. The Bertz CT molecular complexity index is 600. The number of Topliss-reactive ketones (excluding diaryl/α,β-unsaturated/α-hetero) is 1. The summed E-state index contributed by atoms with van der Waals surface area (Å²) >= 11 is 0. The first-order valence-electron chi connectivity index (χ1n) is 7.85. The van der Waals surface area contributed by atoms with Crippen molar-refractivity contribution in [2.45, 2.75) is 38.5 Å². The molecule has 0 amide bonds. The van der Waals surface area contributed by atoms with Gasteiger partial charge in [0.05, 0.1) is 5.92 Å². The molecule has 1 aromatic carbocycles. The van der Waals surface area contributed by atoms with E-state index in [1.165, 1.54) is 12.1 Å². The summed E-state index contributed by atoms with van der Waals surface area (Å²) in [5, 5.41) is 9.11. The monoisotopic (exact) mass is 262 g/mol. The number of ketones is 1. The second-order valence-corrected chi connectivity index (χ2v) is 4.74. The molecular weight excluding hydrogens is 241 g/mol. The van der Waals surface area contributed by atoms with Crippen molar-refractivity contribution >= 4 is 17.8 Å². The van der Waals surface area contributed by atoms with Crippen LogP contribution in [0, 0.1) is 0 Å². The highest BCUT2D eigenvalue weighted by atomic mass is 16.4. The number of aliphatic carboxylic acids is 1. The largest absolute Gasteiger partial charge is 0.481 e. The highest BCUT2D eigenvalue weighted by Gasteiger charge is 2.15. The molecule has 1 saturated carbocycles. The standard InChI is InChI=1S/C16H18O3/c1-11(16(18)19)13-8-6-12(7-9-13)10-14-4-2-3-5-15(14)17/h6-11H,2-5H2,1H3,(H,18,19)/b14-10+/i1+1D3. The van der Waals surface area contributed by atoms with Gasteiger partial charge in [-0.2, -0.15) is 0 Å². The summed E-state index contributed by atoms with van der Waals surface area (Å²) in [4.78, 5) is 22.9. The summed E-state index contributed by atoms with van der Waals surface area (Å²) in [6, 6.07) is 6.33. The molecule has 1 N–H and O–H groups in total. The molecule has 1 atom stereocenters. The lowest BCUT2D eigenvalue weighted by Gasteiger charge is -2.12. The molecule has 3 nitrogen and oxygen atoms in total. The van der Waals surface area contributed by atoms with E-state index in [9.17, 15) is 9.59 Å². The minimum Gasteiger partial charge on any atom is -0.481 e. The molecule has 0 bridgehead atoms. The van der Waals surface area contributed by atoms with E-state index < -0.39 is 18.7 Å². The molecule has 0 radical (unpaired) electrons. The maximum atomic E-state index is 11.8. The van der Waals surface area contributed by atoms with Gasteiger partial charge >= 0.3 is 5.97 Å². The lowest BCUT2D eigenvalue weighted by molar-refractivity contribution is -0.138. The first-order valence-corrected chi connectivity index (χ1v) is 6.35. The quantitative estimate of drug-likeness (QED) is 0.671. The summed E-state index contributed by atoms with van der Waals surface area (Å²) in [5.74, 6) is -2.75. The van der Waals surface area contributed by atoms with Crippen LogP contribution < -0.4 is 0 Å². The predicted molar refractivity (Wildman–Crippen MR) is 73.9 cm³/mol. The van der Waals surface area contributed by atoms with Crippen LogP contribution in [0.15, 0.2) is 29.8 Å². The maximum absolute atomic E-state index is 11.8. The molecule has 2 rings (SSSR count). The van der Waals surface area contributed by atoms with Gasteiger partial charge in [-0.3, -0.25) is 9.59 Å². The van der Waals surface area contributed by atoms with Gasteiger partial charge in [-0.15, -0.1) is 0 Å². The van der Waals surface area contributed by atoms with Gasteiger partial charge in [-0.25, -0.2) is 0 Å². The van der Waals surface area contributed by atoms with Crippen molar-refractivity contribution in [3.05, 3.63) is 41.0 Å². The first-order chi connectivity index (χ1) is 10.3. The van der Waals surface area contributed by atoms with Crippen LogP contribution in [-0.4, -0.2) is 16.9 Å². The number of carboxylic acid groups (broad SMARTS) is 1. The second-order valence-electron chi connectivity index (χ2n) is 4.74. The van der Waals surface area contributed by atoms with Crippen LogP contribution in [0.25, 0.3) is 6.08 Å². The summed E-state index contributed by atoms with van der Waals surface area (Å²) in [7, 11) is 0. The molecule has 19 heavy (non-hydrogen) atoms. The second kappa shape index (κ2) is 5.83. The van der Waals surface area contributed by atoms with E-state index in [0.29, 0.717) is 6.42 Å². The minimum absolute atomic E-state index is 0.154. The van der Waals surface area contributed by atoms with Gasteiger partial charge in [-0.05, 0) is 48.9 Å². The van der Waals surface area contributed by atoms with Gasteiger partial charge in [0.2, 0.25) is 0 Å². The topological polar surface area (TPSA) is 54.4 Å². The van der Waals surface area contributed by atoms with Crippen molar-refractivity contribution in [3.63, 3.8) is 0 Å². The van der Waals surface area contributed by atoms with Crippen LogP contribution in [-0.2, 0) is 9.59 Å². The Morgan fingerprint density at radius 3 is 2.58 bits per heavy atom. The number of rotatable bonds is 3. The van der Waals surface area contributed by atoms with E-state index in [-0.39, 0.29) is 11.3 Å². The third kappa shape index (κ3) is 3.31. The Kier molecular flexibility index (Phi) is 3.05. The summed E-state index contributed by atoms with van der Waals surface area (Å²) in [6.07, 6.45) is 5.05. The van der Waals surface area contributed by atoms with Crippen molar-refractivity contribution in [1.29, 1.82) is 0 Å². The smallest absolute Gasteiger partial charge is 0.310 e. The number of allylic oxidation sites excluding steroid dienone is 1. The normalized spacial score (nSPS) is 22.4. The average Bonchev–Trinajstić information content (AvgIpc) is 2.41. The molecule has 0 saturated heterocycles. The highest BCUT2D eigenvalue weighted by Crippen LogP contribution is 2.23. The summed E-state index contributed by atoms with van der Waals surface area (Å²) < 4.78 is 22.0. The lowest BCUT2D eigenvalue weighted by Crippen LogP contribution is -2.08. The van der Waals surface area contributed by atoms with E-state index in [1.807, 2.05) is 0 Å². The third-order valence-corrected chi connectivity index (χ3v) is 3.32. The van der Waals surface area contributed by atoms with Crippen LogP contribution in [0.2, 0.25) is 0 Å². The Labute approximate surface area is 117 Å². The molecule has 0 aliphatic heterocycles. The average molecular weight is 262 g/mol. The van der Waals surface area contributed by atoms with Crippen LogP contribution >= 0.6 is 0 Å². The highest BCUT2D eigenvalue weighted by molar-refractivity contribution is 6.00. The molecular formula is C16H18O3. The van der Waals surface area contributed by atoms with E-state index >= 15 is 0 Å². The first kappa shape index (κ1) is 9.96. The van der Waals surface area contributed by atoms with Crippen molar-refractivity contribution in [2.75, 3.05) is 0 Å². The molecule has 1 aliphatic carbocycles. The van der Waals surface area contributed by atoms with Gasteiger partial charge in [0, 0.05) is 10.5 Å². The Morgan fingerprint density at radius 1 is 1.32 bits per heavy atom. The van der Waals surface area contributed by atoms with E-state index in [2.05, 4.69) is 0 Å². The number of hydrogen-bond acceptors (Lipinski definition) is 2. The van der Waals surface area contributed by atoms with Gasteiger partial charge in [0.15, 0.2) is 5.78 Å². The number of carbonyl (C=O) groups excluding carboxylic acids is 1. The SMILES string of the molecule is [2H][13C]([2H])([2H])C(C(=O)O)c1ccc(/C=C2\CCCCC2=O)cc1. The fourth-order valence-electron chi connectivity index (χ4n) is 2.18. The fourth-order valence-corrected chi connectivity index (χ4v) is 2.18. The van der Waals surface area contributed by atoms with Gasteiger partial charge in [0.1, 0.15) is 0 Å². The zero-order chi connectivity index (χ0) is 16.3. The molecule has 100 valence electrons. The van der Waals surface area contributed by atoms with Crippen molar-refractivity contribution in [3.8, 4) is 0 Å². The molecule has 1 aliphatic rings. The van der Waals surface area contributed by atoms with Crippen LogP contribution in [0.4, 0.5) is 0 Å².